The van der Waals surface area contributed by atoms with Crippen LogP contribution in [0.4, 0.5) is 0 Å². The molecule has 0 N–H and O–H groups in total. The number of rotatable bonds is 2. The largest absolute Gasteiger partial charge is 0.452 e. The van der Waals surface area contributed by atoms with E-state index in [1.807, 2.05) is 0 Å². The third kappa shape index (κ3) is 3.09. The Morgan fingerprint density at radius 2 is 1.93 bits per heavy atom. The lowest BCUT2D eigenvalue weighted by atomic mass is 10.1. The van der Waals surface area contributed by atoms with Crippen LogP contribution in [-0.4, -0.2) is 23.1 Å². The Bertz CT molecular complexity index is 334. The van der Waals surface area contributed by atoms with E-state index in [-0.39, 0.29) is 0 Å². The van der Waals surface area contributed by atoms with Crippen LogP contribution in [0, 0.1) is 0 Å². The standard InChI is InChI=1S/C10H11ClO4/c1-7(12)14-9-5-3-4-6-10(9,11)15-8(2)13/h3-6,9H,1-2H3. The Kier molecular flexibility index (Phi) is 3.52. The highest BCUT2D eigenvalue weighted by Crippen LogP contribution is 2.30. The summed E-state index contributed by atoms with van der Waals surface area (Å²) in [6, 6.07) is 0. The van der Waals surface area contributed by atoms with E-state index in [1.54, 1.807) is 18.2 Å². The molecule has 0 aromatic rings. The van der Waals surface area contributed by atoms with Gasteiger partial charge >= 0.3 is 11.9 Å². The predicted molar refractivity (Wildman–Crippen MR) is 54.2 cm³/mol. The predicted octanol–water partition coefficient (Wildman–Crippen LogP) is 1.54. The van der Waals surface area contributed by atoms with E-state index in [9.17, 15) is 9.59 Å². The van der Waals surface area contributed by atoms with Crippen LogP contribution in [0.2, 0.25) is 0 Å². The molecule has 0 aromatic heterocycles. The summed E-state index contributed by atoms with van der Waals surface area (Å²) in [5.41, 5.74) is 0. The molecule has 0 radical (unpaired) electrons. The summed E-state index contributed by atoms with van der Waals surface area (Å²) in [4.78, 5) is 21.6. The molecule has 0 spiro atoms. The summed E-state index contributed by atoms with van der Waals surface area (Å²) in [6.45, 7) is 2.50. The molecule has 0 aliphatic heterocycles. The average Bonchev–Trinajstić information content (AvgIpc) is 2.07. The third-order valence-electron chi connectivity index (χ3n) is 1.70. The molecule has 0 amide bonds. The van der Waals surface area contributed by atoms with Crippen molar-refractivity contribution in [1.82, 2.24) is 0 Å². The second kappa shape index (κ2) is 4.49. The van der Waals surface area contributed by atoms with Crippen molar-refractivity contribution in [3.8, 4) is 0 Å². The topological polar surface area (TPSA) is 52.6 Å². The van der Waals surface area contributed by atoms with Crippen LogP contribution in [0.5, 0.6) is 0 Å². The van der Waals surface area contributed by atoms with Gasteiger partial charge in [-0.3, -0.25) is 9.59 Å². The van der Waals surface area contributed by atoms with Gasteiger partial charge < -0.3 is 9.47 Å². The van der Waals surface area contributed by atoms with E-state index in [4.69, 9.17) is 21.1 Å². The molecular weight excluding hydrogens is 220 g/mol. The van der Waals surface area contributed by atoms with E-state index in [2.05, 4.69) is 0 Å². The molecule has 1 aliphatic carbocycles. The monoisotopic (exact) mass is 230 g/mol. The van der Waals surface area contributed by atoms with Crippen molar-refractivity contribution in [3.05, 3.63) is 24.3 Å². The van der Waals surface area contributed by atoms with Crippen LogP contribution in [0.25, 0.3) is 0 Å². The fourth-order valence-corrected chi connectivity index (χ4v) is 1.49. The van der Waals surface area contributed by atoms with Crippen molar-refractivity contribution < 1.29 is 19.1 Å². The maximum Gasteiger partial charge on any atom is 0.304 e. The SMILES string of the molecule is CC(=O)OC1C=CC=CC1(Cl)OC(C)=O. The number of esters is 2. The molecule has 1 rings (SSSR count). The van der Waals surface area contributed by atoms with E-state index in [0.717, 1.165) is 0 Å². The molecule has 0 heterocycles. The summed E-state index contributed by atoms with van der Waals surface area (Å²) in [5, 5.41) is -1.44. The second-order valence-corrected chi connectivity index (χ2v) is 3.66. The zero-order chi connectivity index (χ0) is 11.5. The number of ether oxygens (including phenoxy) is 2. The first-order chi connectivity index (χ1) is 6.94. The highest BCUT2D eigenvalue weighted by atomic mass is 35.5. The minimum atomic E-state index is -1.44. The van der Waals surface area contributed by atoms with Gasteiger partial charge in [0.15, 0.2) is 6.10 Å². The quantitative estimate of drug-likeness (QED) is 0.533. The first kappa shape index (κ1) is 11.8. The van der Waals surface area contributed by atoms with Gasteiger partial charge in [-0.2, -0.15) is 0 Å². The molecule has 15 heavy (non-hydrogen) atoms. The summed E-state index contributed by atoms with van der Waals surface area (Å²) < 4.78 is 9.82. The number of hydrogen-bond acceptors (Lipinski definition) is 4. The fraction of sp³-hybridized carbons (Fsp3) is 0.400. The smallest absolute Gasteiger partial charge is 0.304 e. The van der Waals surface area contributed by atoms with Crippen LogP contribution in [0.1, 0.15) is 13.8 Å². The third-order valence-corrected chi connectivity index (χ3v) is 2.12. The normalized spacial score (nSPS) is 28.6. The van der Waals surface area contributed by atoms with Crippen molar-refractivity contribution in [2.45, 2.75) is 25.0 Å². The van der Waals surface area contributed by atoms with Gasteiger partial charge in [-0.05, 0) is 12.2 Å². The van der Waals surface area contributed by atoms with Crippen LogP contribution in [0.15, 0.2) is 24.3 Å². The van der Waals surface area contributed by atoms with Crippen LogP contribution in [0.3, 0.4) is 0 Å². The number of carbonyl (C=O) groups is 2. The zero-order valence-electron chi connectivity index (χ0n) is 8.40. The zero-order valence-corrected chi connectivity index (χ0v) is 9.15. The Hall–Kier alpha value is -1.29. The lowest BCUT2D eigenvalue weighted by molar-refractivity contribution is -0.162. The van der Waals surface area contributed by atoms with Crippen molar-refractivity contribution in [2.24, 2.45) is 0 Å². The number of carbonyl (C=O) groups excluding carboxylic acids is 2. The van der Waals surface area contributed by atoms with Gasteiger partial charge in [-0.15, -0.1) is 0 Å². The number of alkyl halides is 1. The maximum atomic E-state index is 10.8. The van der Waals surface area contributed by atoms with E-state index < -0.39 is 23.1 Å². The Balaban J connectivity index is 2.83. The lowest BCUT2D eigenvalue weighted by Gasteiger charge is -2.30. The van der Waals surface area contributed by atoms with Crippen molar-refractivity contribution in [1.29, 1.82) is 0 Å². The van der Waals surface area contributed by atoms with E-state index in [1.165, 1.54) is 19.9 Å². The van der Waals surface area contributed by atoms with Gasteiger partial charge in [-0.25, -0.2) is 0 Å². The van der Waals surface area contributed by atoms with Crippen LogP contribution < -0.4 is 0 Å². The molecule has 0 aromatic carbocycles. The summed E-state index contributed by atoms with van der Waals surface area (Å²) in [5.74, 6) is -1.03. The van der Waals surface area contributed by atoms with Crippen molar-refractivity contribution >= 4 is 23.5 Å². The van der Waals surface area contributed by atoms with Gasteiger partial charge in [0.05, 0.1) is 0 Å². The highest BCUT2D eigenvalue weighted by molar-refractivity contribution is 6.25. The molecule has 0 bridgehead atoms. The van der Waals surface area contributed by atoms with Crippen LogP contribution >= 0.6 is 11.6 Å². The fourth-order valence-electron chi connectivity index (χ4n) is 1.19. The lowest BCUT2D eigenvalue weighted by Crippen LogP contribution is -2.41. The minimum absolute atomic E-state index is 0.489. The molecular formula is C10H11ClO4. The number of halogens is 1. The number of hydrogen-bond donors (Lipinski definition) is 0. The Morgan fingerprint density at radius 3 is 2.47 bits per heavy atom. The van der Waals surface area contributed by atoms with Crippen molar-refractivity contribution in [3.63, 3.8) is 0 Å². The van der Waals surface area contributed by atoms with Gasteiger partial charge in [0.1, 0.15) is 0 Å². The summed E-state index contributed by atoms with van der Waals surface area (Å²) in [7, 11) is 0. The molecule has 2 atom stereocenters. The first-order valence-corrected chi connectivity index (χ1v) is 4.73. The summed E-state index contributed by atoms with van der Waals surface area (Å²) in [6.07, 6.45) is 5.50. The second-order valence-electron chi connectivity index (χ2n) is 3.07. The first-order valence-electron chi connectivity index (χ1n) is 4.36. The van der Waals surface area contributed by atoms with Crippen molar-refractivity contribution in [2.75, 3.05) is 0 Å². The van der Waals surface area contributed by atoms with Crippen LogP contribution in [-0.2, 0) is 19.1 Å². The molecule has 5 heteroatoms. The molecule has 0 fully saturated rings. The Morgan fingerprint density at radius 1 is 1.27 bits per heavy atom. The summed E-state index contributed by atoms with van der Waals surface area (Å²) >= 11 is 6.02. The van der Waals surface area contributed by atoms with Gasteiger partial charge in [0.25, 0.3) is 0 Å². The molecule has 0 saturated carbocycles. The molecule has 1 aliphatic rings. The van der Waals surface area contributed by atoms with Gasteiger partial charge in [0, 0.05) is 13.8 Å². The minimum Gasteiger partial charge on any atom is -0.452 e. The highest BCUT2D eigenvalue weighted by Gasteiger charge is 2.40. The molecule has 0 saturated heterocycles. The van der Waals surface area contributed by atoms with E-state index in [0.29, 0.717) is 0 Å². The molecule has 82 valence electrons. The molecule has 2 unspecified atom stereocenters. The Labute approximate surface area is 92.5 Å². The number of allylic oxidation sites excluding steroid dienone is 2. The molecule has 4 nitrogen and oxygen atoms in total. The average molecular weight is 231 g/mol. The van der Waals surface area contributed by atoms with Gasteiger partial charge in [0.2, 0.25) is 5.06 Å². The maximum absolute atomic E-state index is 10.8. The van der Waals surface area contributed by atoms with E-state index >= 15 is 0 Å². The van der Waals surface area contributed by atoms with Gasteiger partial charge in [-0.1, -0.05) is 23.8 Å².